The first-order valence-electron chi connectivity index (χ1n) is 4.86. The Labute approximate surface area is 94.0 Å². The molecule has 0 aromatic carbocycles. The Balaban J connectivity index is 4.14. The lowest BCUT2D eigenvalue weighted by Crippen LogP contribution is -2.42. The number of nitrogens with one attached hydrogen (secondary N) is 1. The quantitative estimate of drug-likeness (QED) is 0.702. The maximum Gasteiger partial charge on any atom is 0.408 e. The van der Waals surface area contributed by atoms with Gasteiger partial charge in [-0.3, -0.25) is 9.59 Å². The predicted octanol–water partition coefficient (Wildman–Crippen LogP) is 0.943. The van der Waals surface area contributed by atoms with Gasteiger partial charge in [-0.05, 0) is 27.7 Å². The van der Waals surface area contributed by atoms with E-state index in [1.807, 2.05) is 0 Å². The molecular weight excluding hydrogens is 214 g/mol. The number of hydrogen-bond acceptors (Lipinski definition) is 4. The monoisotopic (exact) mass is 231 g/mol. The summed E-state index contributed by atoms with van der Waals surface area (Å²) in [6.07, 6.45) is -1.35. The summed E-state index contributed by atoms with van der Waals surface area (Å²) in [6.45, 7) is 6.48. The molecule has 1 atom stereocenters. The number of amides is 1. The molecule has 0 spiro atoms. The van der Waals surface area contributed by atoms with Gasteiger partial charge in [0.15, 0.2) is 5.78 Å². The van der Waals surface area contributed by atoms with E-state index in [1.54, 1.807) is 20.8 Å². The summed E-state index contributed by atoms with van der Waals surface area (Å²) in [5.74, 6) is -1.79. The summed E-state index contributed by atoms with van der Waals surface area (Å²) in [5.41, 5.74) is -0.653. The molecule has 0 aliphatic heterocycles. The Kier molecular flexibility index (Phi) is 4.94. The maximum absolute atomic E-state index is 11.2. The van der Waals surface area contributed by atoms with Crippen molar-refractivity contribution in [3.63, 3.8) is 0 Å². The number of aliphatic carboxylic acids is 1. The van der Waals surface area contributed by atoms with Gasteiger partial charge in [0.2, 0.25) is 0 Å². The molecule has 0 aliphatic carbocycles. The molecule has 0 saturated heterocycles. The second-order valence-corrected chi connectivity index (χ2v) is 4.40. The average molecular weight is 231 g/mol. The standard InChI is InChI=1S/C10H17NO5/c1-6(7(12)5-8(13)14)11-9(15)16-10(2,3)4/h6H,5H2,1-4H3,(H,11,15)(H,13,14)/t6-/m1/s1. The number of alkyl carbamates (subject to hydrolysis) is 1. The molecule has 0 saturated carbocycles. The Hall–Kier alpha value is -1.59. The van der Waals surface area contributed by atoms with Crippen LogP contribution in [0.25, 0.3) is 0 Å². The highest BCUT2D eigenvalue weighted by atomic mass is 16.6. The van der Waals surface area contributed by atoms with Crippen LogP contribution < -0.4 is 5.32 Å². The maximum atomic E-state index is 11.2. The Bertz CT molecular complexity index is 292. The van der Waals surface area contributed by atoms with Gasteiger partial charge in [0.1, 0.15) is 12.0 Å². The van der Waals surface area contributed by atoms with Crippen LogP contribution >= 0.6 is 0 Å². The molecule has 0 radical (unpaired) electrons. The molecule has 0 heterocycles. The third-order valence-corrected chi connectivity index (χ3v) is 1.54. The molecule has 0 bridgehead atoms. The van der Waals surface area contributed by atoms with E-state index in [-0.39, 0.29) is 0 Å². The fourth-order valence-electron chi connectivity index (χ4n) is 0.867. The number of hydrogen-bond donors (Lipinski definition) is 2. The van der Waals surface area contributed by atoms with Crippen LogP contribution in [0, 0.1) is 0 Å². The van der Waals surface area contributed by atoms with Crippen LogP contribution in [0.2, 0.25) is 0 Å². The third kappa shape index (κ3) is 6.80. The highest BCUT2D eigenvalue weighted by molar-refractivity contribution is 5.98. The van der Waals surface area contributed by atoms with Crippen LogP contribution in [0.3, 0.4) is 0 Å². The van der Waals surface area contributed by atoms with Gasteiger partial charge < -0.3 is 15.2 Å². The second-order valence-electron chi connectivity index (χ2n) is 4.40. The Morgan fingerprint density at radius 1 is 1.31 bits per heavy atom. The van der Waals surface area contributed by atoms with E-state index in [2.05, 4.69) is 5.32 Å². The summed E-state index contributed by atoms with van der Waals surface area (Å²) in [7, 11) is 0. The minimum absolute atomic E-state index is 0.571. The minimum Gasteiger partial charge on any atom is -0.481 e. The molecule has 0 aliphatic rings. The first-order valence-corrected chi connectivity index (χ1v) is 4.86. The van der Waals surface area contributed by atoms with Crippen LogP contribution in [0.5, 0.6) is 0 Å². The molecule has 0 aromatic heterocycles. The summed E-state index contributed by atoms with van der Waals surface area (Å²) < 4.78 is 4.91. The molecule has 6 heteroatoms. The Morgan fingerprint density at radius 2 is 1.81 bits per heavy atom. The number of rotatable bonds is 4. The van der Waals surface area contributed by atoms with Crippen molar-refractivity contribution in [2.45, 2.75) is 45.8 Å². The van der Waals surface area contributed by atoms with Gasteiger partial charge in [0.25, 0.3) is 0 Å². The molecule has 92 valence electrons. The van der Waals surface area contributed by atoms with Gasteiger partial charge in [-0.25, -0.2) is 4.79 Å². The molecule has 1 amide bonds. The fourth-order valence-corrected chi connectivity index (χ4v) is 0.867. The second kappa shape index (κ2) is 5.48. The first-order chi connectivity index (χ1) is 7.11. The van der Waals surface area contributed by atoms with Crippen molar-refractivity contribution in [3.05, 3.63) is 0 Å². The lowest BCUT2D eigenvalue weighted by atomic mass is 10.1. The van der Waals surface area contributed by atoms with Gasteiger partial charge >= 0.3 is 12.1 Å². The largest absolute Gasteiger partial charge is 0.481 e. The van der Waals surface area contributed by atoms with Gasteiger partial charge in [-0.1, -0.05) is 0 Å². The van der Waals surface area contributed by atoms with E-state index < -0.39 is 35.9 Å². The van der Waals surface area contributed by atoms with Gasteiger partial charge in [0, 0.05) is 0 Å². The summed E-state index contributed by atoms with van der Waals surface area (Å²) in [5, 5.41) is 10.7. The summed E-state index contributed by atoms with van der Waals surface area (Å²) >= 11 is 0. The molecule has 16 heavy (non-hydrogen) atoms. The zero-order valence-electron chi connectivity index (χ0n) is 9.86. The highest BCUT2D eigenvalue weighted by Gasteiger charge is 2.21. The van der Waals surface area contributed by atoms with Gasteiger partial charge in [-0.2, -0.15) is 0 Å². The fraction of sp³-hybridized carbons (Fsp3) is 0.700. The average Bonchev–Trinajstić information content (AvgIpc) is 1.98. The predicted molar refractivity (Wildman–Crippen MR) is 56.1 cm³/mol. The van der Waals surface area contributed by atoms with Gasteiger partial charge in [-0.15, -0.1) is 0 Å². The number of carboxylic acid groups (broad SMARTS) is 1. The molecule has 0 aromatic rings. The van der Waals surface area contributed by atoms with Crippen LogP contribution in [0.4, 0.5) is 4.79 Å². The number of carboxylic acids is 1. The van der Waals surface area contributed by atoms with Crippen molar-refractivity contribution in [1.29, 1.82) is 0 Å². The molecule has 0 unspecified atom stereocenters. The molecule has 0 rings (SSSR count). The number of ether oxygens (including phenoxy) is 1. The van der Waals surface area contributed by atoms with Crippen molar-refractivity contribution in [1.82, 2.24) is 5.32 Å². The number of ketones is 1. The zero-order valence-corrected chi connectivity index (χ0v) is 9.86. The van der Waals surface area contributed by atoms with E-state index >= 15 is 0 Å². The van der Waals surface area contributed by atoms with Crippen molar-refractivity contribution in [2.75, 3.05) is 0 Å². The lowest BCUT2D eigenvalue weighted by Gasteiger charge is -2.21. The number of carbonyl (C=O) groups is 3. The number of carbonyl (C=O) groups excluding carboxylic acids is 2. The molecule has 2 N–H and O–H groups in total. The van der Waals surface area contributed by atoms with E-state index in [1.165, 1.54) is 6.92 Å². The van der Waals surface area contributed by atoms with Gasteiger partial charge in [0.05, 0.1) is 6.04 Å². The highest BCUT2D eigenvalue weighted by Crippen LogP contribution is 2.06. The topological polar surface area (TPSA) is 92.7 Å². The normalized spacial score (nSPS) is 12.8. The van der Waals surface area contributed by atoms with Crippen LogP contribution in [0.1, 0.15) is 34.1 Å². The third-order valence-electron chi connectivity index (χ3n) is 1.54. The van der Waals surface area contributed by atoms with E-state index in [4.69, 9.17) is 9.84 Å². The zero-order chi connectivity index (χ0) is 12.9. The minimum atomic E-state index is -1.22. The number of Topliss-reactive ketones (excluding diaryl/α,β-unsaturated/α-hetero) is 1. The van der Waals surface area contributed by atoms with E-state index in [0.29, 0.717) is 0 Å². The summed E-state index contributed by atoms with van der Waals surface area (Å²) in [4.78, 5) is 32.7. The van der Waals surface area contributed by atoms with Crippen molar-refractivity contribution in [2.24, 2.45) is 0 Å². The van der Waals surface area contributed by atoms with E-state index in [0.717, 1.165) is 0 Å². The van der Waals surface area contributed by atoms with Crippen LogP contribution in [0.15, 0.2) is 0 Å². The molecular formula is C10H17NO5. The van der Waals surface area contributed by atoms with Crippen LogP contribution in [-0.4, -0.2) is 34.6 Å². The first kappa shape index (κ1) is 14.4. The van der Waals surface area contributed by atoms with Crippen molar-refractivity contribution < 1.29 is 24.2 Å². The summed E-state index contributed by atoms with van der Waals surface area (Å²) in [6, 6.07) is -0.869. The van der Waals surface area contributed by atoms with Crippen molar-refractivity contribution in [3.8, 4) is 0 Å². The van der Waals surface area contributed by atoms with Crippen molar-refractivity contribution >= 4 is 17.8 Å². The van der Waals surface area contributed by atoms with E-state index in [9.17, 15) is 14.4 Å². The smallest absolute Gasteiger partial charge is 0.408 e. The lowest BCUT2D eigenvalue weighted by molar-refractivity contribution is -0.140. The Morgan fingerprint density at radius 3 is 2.19 bits per heavy atom. The van der Waals surface area contributed by atoms with Crippen LogP contribution in [-0.2, 0) is 14.3 Å². The molecule has 0 fully saturated rings. The molecule has 6 nitrogen and oxygen atoms in total. The SMILES string of the molecule is C[C@@H](NC(=O)OC(C)(C)C)C(=O)CC(=O)O.